The summed E-state index contributed by atoms with van der Waals surface area (Å²) in [5.74, 6) is 0.330. The highest BCUT2D eigenvalue weighted by Crippen LogP contribution is 2.23. The molecule has 0 bridgehead atoms. The van der Waals surface area contributed by atoms with Crippen LogP contribution in [-0.2, 0) is 4.79 Å². The number of nitrogens with zero attached hydrogens (tertiary/aromatic N) is 1. The van der Waals surface area contributed by atoms with E-state index in [0.717, 1.165) is 25.3 Å². The van der Waals surface area contributed by atoms with E-state index in [2.05, 4.69) is 23.2 Å². The van der Waals surface area contributed by atoms with Gasteiger partial charge >= 0.3 is 5.97 Å². The maximum absolute atomic E-state index is 10.9. The molecule has 1 atom stereocenters. The molecule has 0 aliphatic carbocycles. The fourth-order valence-electron chi connectivity index (χ4n) is 2.12. The molecule has 92 valence electrons. The average molecular weight is 234 g/mol. The van der Waals surface area contributed by atoms with Gasteiger partial charge in [-0.15, -0.1) is 0 Å². The summed E-state index contributed by atoms with van der Waals surface area (Å²) in [5.41, 5.74) is 1.11. The monoisotopic (exact) mass is 234 g/mol. The Morgan fingerprint density at radius 3 is 3.06 bits per heavy atom. The molecule has 1 aliphatic heterocycles. The van der Waals surface area contributed by atoms with Gasteiger partial charge in [0, 0.05) is 44.4 Å². The zero-order chi connectivity index (χ0) is 12.3. The highest BCUT2D eigenvalue weighted by atomic mass is 16.5. The summed E-state index contributed by atoms with van der Waals surface area (Å²) in [6, 6.07) is 8.15. The van der Waals surface area contributed by atoms with Crippen LogP contribution in [0.15, 0.2) is 24.3 Å². The Morgan fingerprint density at radius 1 is 1.53 bits per heavy atom. The summed E-state index contributed by atoms with van der Waals surface area (Å²) in [7, 11) is 0. The Morgan fingerprint density at radius 2 is 2.35 bits per heavy atom. The number of benzene rings is 1. The molecule has 4 heteroatoms. The van der Waals surface area contributed by atoms with Crippen molar-refractivity contribution in [1.82, 2.24) is 5.32 Å². The van der Waals surface area contributed by atoms with Crippen molar-refractivity contribution in [2.24, 2.45) is 0 Å². The molecule has 0 spiro atoms. The van der Waals surface area contributed by atoms with Crippen molar-refractivity contribution in [3.8, 4) is 5.75 Å². The topological polar surface area (TPSA) is 41.6 Å². The van der Waals surface area contributed by atoms with Crippen LogP contribution in [0, 0.1) is 0 Å². The first-order valence-electron chi connectivity index (χ1n) is 5.92. The molecule has 0 radical (unpaired) electrons. The molecule has 0 saturated carbocycles. The van der Waals surface area contributed by atoms with E-state index in [1.165, 1.54) is 6.92 Å². The molecule has 1 N–H and O–H groups in total. The van der Waals surface area contributed by atoms with Gasteiger partial charge in [0.25, 0.3) is 0 Å². The molecule has 4 nitrogen and oxygen atoms in total. The molecule has 1 fully saturated rings. The van der Waals surface area contributed by atoms with Gasteiger partial charge in [0.05, 0.1) is 0 Å². The Kier molecular flexibility index (Phi) is 3.64. The smallest absolute Gasteiger partial charge is 0.308 e. The van der Waals surface area contributed by atoms with Crippen LogP contribution >= 0.6 is 0 Å². The lowest BCUT2D eigenvalue weighted by atomic mass is 10.2. The van der Waals surface area contributed by atoms with Crippen molar-refractivity contribution in [3.63, 3.8) is 0 Å². The van der Waals surface area contributed by atoms with E-state index in [0.29, 0.717) is 11.8 Å². The maximum Gasteiger partial charge on any atom is 0.308 e. The summed E-state index contributed by atoms with van der Waals surface area (Å²) in [4.78, 5) is 13.2. The molecule has 0 unspecified atom stereocenters. The van der Waals surface area contributed by atoms with E-state index in [-0.39, 0.29) is 5.97 Å². The van der Waals surface area contributed by atoms with E-state index in [4.69, 9.17) is 4.74 Å². The molecule has 1 heterocycles. The van der Waals surface area contributed by atoms with Gasteiger partial charge in [0.1, 0.15) is 5.75 Å². The third-order valence-corrected chi connectivity index (χ3v) is 2.91. The Labute approximate surface area is 102 Å². The van der Waals surface area contributed by atoms with Crippen molar-refractivity contribution >= 4 is 11.7 Å². The minimum Gasteiger partial charge on any atom is -0.427 e. The normalized spacial score (nSPS) is 20.1. The third-order valence-electron chi connectivity index (χ3n) is 2.91. The van der Waals surface area contributed by atoms with Crippen molar-refractivity contribution in [2.75, 3.05) is 24.5 Å². The van der Waals surface area contributed by atoms with Gasteiger partial charge in [0.15, 0.2) is 0 Å². The molecule has 1 saturated heterocycles. The molecule has 1 aliphatic rings. The first kappa shape index (κ1) is 11.9. The van der Waals surface area contributed by atoms with Gasteiger partial charge < -0.3 is 15.0 Å². The number of ether oxygens (including phenoxy) is 1. The van der Waals surface area contributed by atoms with Crippen LogP contribution in [0.4, 0.5) is 5.69 Å². The quantitative estimate of drug-likeness (QED) is 0.620. The number of carbonyl (C=O) groups excluding carboxylic acids is 1. The number of hydrogen-bond acceptors (Lipinski definition) is 4. The second-order valence-electron chi connectivity index (χ2n) is 4.34. The van der Waals surface area contributed by atoms with E-state index in [1.54, 1.807) is 6.07 Å². The van der Waals surface area contributed by atoms with Crippen molar-refractivity contribution in [1.29, 1.82) is 0 Å². The molecule has 0 amide bonds. The zero-order valence-electron chi connectivity index (χ0n) is 10.3. The number of esters is 1. The molecular formula is C13H18N2O2. The summed E-state index contributed by atoms with van der Waals surface area (Å²) in [5, 5.41) is 3.35. The van der Waals surface area contributed by atoms with E-state index in [9.17, 15) is 4.79 Å². The number of hydrogen-bond donors (Lipinski definition) is 1. The van der Waals surface area contributed by atoms with Crippen LogP contribution < -0.4 is 15.0 Å². The van der Waals surface area contributed by atoms with Crippen LogP contribution in [0.3, 0.4) is 0 Å². The number of piperazine rings is 1. The van der Waals surface area contributed by atoms with Crippen LogP contribution in [0.25, 0.3) is 0 Å². The summed E-state index contributed by atoms with van der Waals surface area (Å²) >= 11 is 0. The number of rotatable bonds is 2. The number of carbonyl (C=O) groups is 1. The van der Waals surface area contributed by atoms with Crippen LogP contribution in [0.5, 0.6) is 5.75 Å². The number of anilines is 1. The van der Waals surface area contributed by atoms with Gasteiger partial charge in [-0.3, -0.25) is 4.79 Å². The SMILES string of the molecule is CC(=O)Oc1cccc(N2CCNC[C@H]2C)c1. The minimum atomic E-state index is -0.282. The highest BCUT2D eigenvalue weighted by Gasteiger charge is 2.18. The van der Waals surface area contributed by atoms with Crippen LogP contribution in [-0.4, -0.2) is 31.6 Å². The summed E-state index contributed by atoms with van der Waals surface area (Å²) in [6.45, 7) is 6.55. The van der Waals surface area contributed by atoms with Gasteiger partial charge in [-0.25, -0.2) is 0 Å². The second kappa shape index (κ2) is 5.19. The molecule has 2 rings (SSSR count). The predicted molar refractivity (Wildman–Crippen MR) is 67.4 cm³/mol. The lowest BCUT2D eigenvalue weighted by Gasteiger charge is -2.36. The highest BCUT2D eigenvalue weighted by molar-refractivity contribution is 5.70. The van der Waals surface area contributed by atoms with E-state index >= 15 is 0 Å². The van der Waals surface area contributed by atoms with Crippen molar-refractivity contribution in [2.45, 2.75) is 19.9 Å². The lowest BCUT2D eigenvalue weighted by molar-refractivity contribution is -0.131. The lowest BCUT2D eigenvalue weighted by Crippen LogP contribution is -2.49. The average Bonchev–Trinajstić information content (AvgIpc) is 2.29. The Bertz CT molecular complexity index is 406. The molecule has 0 aromatic heterocycles. The largest absolute Gasteiger partial charge is 0.427 e. The van der Waals surface area contributed by atoms with Gasteiger partial charge in [-0.2, -0.15) is 0 Å². The maximum atomic E-state index is 10.9. The first-order valence-corrected chi connectivity index (χ1v) is 5.92. The van der Waals surface area contributed by atoms with Crippen molar-refractivity contribution < 1.29 is 9.53 Å². The predicted octanol–water partition coefficient (Wildman–Crippen LogP) is 1.41. The summed E-state index contributed by atoms with van der Waals surface area (Å²) in [6.07, 6.45) is 0. The van der Waals surface area contributed by atoms with E-state index < -0.39 is 0 Å². The van der Waals surface area contributed by atoms with Gasteiger partial charge in [0.2, 0.25) is 0 Å². The molecular weight excluding hydrogens is 216 g/mol. The minimum absolute atomic E-state index is 0.282. The third kappa shape index (κ3) is 2.97. The van der Waals surface area contributed by atoms with Crippen LogP contribution in [0.1, 0.15) is 13.8 Å². The zero-order valence-corrected chi connectivity index (χ0v) is 10.3. The fourth-order valence-corrected chi connectivity index (χ4v) is 2.12. The molecule has 17 heavy (non-hydrogen) atoms. The van der Waals surface area contributed by atoms with Gasteiger partial charge in [-0.1, -0.05) is 6.07 Å². The van der Waals surface area contributed by atoms with Crippen molar-refractivity contribution in [3.05, 3.63) is 24.3 Å². The summed E-state index contributed by atoms with van der Waals surface area (Å²) < 4.78 is 5.10. The molecule has 1 aromatic rings. The van der Waals surface area contributed by atoms with E-state index in [1.807, 2.05) is 12.1 Å². The second-order valence-corrected chi connectivity index (χ2v) is 4.34. The first-order chi connectivity index (χ1) is 8.16. The van der Waals surface area contributed by atoms with Gasteiger partial charge in [-0.05, 0) is 19.1 Å². The van der Waals surface area contributed by atoms with Crippen LogP contribution in [0.2, 0.25) is 0 Å². The molecule has 1 aromatic carbocycles. The number of nitrogens with one attached hydrogen (secondary N) is 1. The Hall–Kier alpha value is -1.55. The Balaban J connectivity index is 2.17. The standard InChI is InChI=1S/C13H18N2O2/c1-10-9-14-6-7-15(10)12-4-3-5-13(8-12)17-11(2)16/h3-5,8,10,14H,6-7,9H2,1-2H3/t10-/m1/s1. The fraction of sp³-hybridized carbons (Fsp3) is 0.462.